The smallest absolute Gasteiger partial charge is 0.243 e. The van der Waals surface area contributed by atoms with Gasteiger partial charge in [-0.2, -0.15) is 4.31 Å². The molecule has 0 radical (unpaired) electrons. The summed E-state index contributed by atoms with van der Waals surface area (Å²) in [6, 6.07) is 14.7. The van der Waals surface area contributed by atoms with Gasteiger partial charge in [0, 0.05) is 24.0 Å². The van der Waals surface area contributed by atoms with Crippen molar-refractivity contribution in [1.82, 2.24) is 4.31 Å². The fraction of sp³-hybridized carbons (Fsp3) is 0.200. The van der Waals surface area contributed by atoms with Crippen LogP contribution in [-0.4, -0.2) is 19.3 Å². The van der Waals surface area contributed by atoms with Crippen molar-refractivity contribution in [1.29, 1.82) is 0 Å². The van der Waals surface area contributed by atoms with Crippen LogP contribution in [0.2, 0.25) is 0 Å². The molecule has 1 aliphatic rings. The highest BCUT2D eigenvalue weighted by molar-refractivity contribution is 7.89. The van der Waals surface area contributed by atoms with Crippen molar-refractivity contribution < 1.29 is 12.8 Å². The Hall–Kier alpha value is -2.37. The molecule has 1 aromatic heterocycles. The van der Waals surface area contributed by atoms with Gasteiger partial charge in [0.15, 0.2) is 0 Å². The summed E-state index contributed by atoms with van der Waals surface area (Å²) in [5, 5.41) is 0.969. The molecule has 25 heavy (non-hydrogen) atoms. The van der Waals surface area contributed by atoms with Crippen molar-refractivity contribution in [3.05, 3.63) is 71.5 Å². The summed E-state index contributed by atoms with van der Waals surface area (Å²) in [7, 11) is -3.57. The third-order valence-corrected chi connectivity index (χ3v) is 6.48. The molecule has 4 nitrogen and oxygen atoms in total. The number of para-hydroxylation sites is 1. The van der Waals surface area contributed by atoms with Gasteiger partial charge in [0.05, 0.1) is 4.90 Å². The molecular formula is C20H19NO3S. The molecule has 3 aromatic rings. The predicted molar refractivity (Wildman–Crippen MR) is 98.6 cm³/mol. The summed E-state index contributed by atoms with van der Waals surface area (Å²) in [5.41, 5.74) is 3.72. The molecule has 0 fully saturated rings. The summed E-state index contributed by atoms with van der Waals surface area (Å²) in [6.45, 7) is 4.54. The largest absolute Gasteiger partial charge is 0.456 e. The average molecular weight is 353 g/mol. The zero-order chi connectivity index (χ0) is 17.6. The summed E-state index contributed by atoms with van der Waals surface area (Å²) in [4.78, 5) is 0.320. The Bertz CT molecular complexity index is 1080. The molecule has 0 amide bonds. The van der Waals surface area contributed by atoms with Crippen LogP contribution in [0.3, 0.4) is 0 Å². The fourth-order valence-corrected chi connectivity index (χ4v) is 4.54. The van der Waals surface area contributed by atoms with Gasteiger partial charge in [-0.15, -0.1) is 0 Å². The first-order valence-electron chi connectivity index (χ1n) is 8.21. The van der Waals surface area contributed by atoms with E-state index in [9.17, 15) is 8.42 Å². The Morgan fingerprint density at radius 1 is 1.00 bits per heavy atom. The van der Waals surface area contributed by atoms with Crippen molar-refractivity contribution in [2.75, 3.05) is 6.54 Å². The summed E-state index contributed by atoms with van der Waals surface area (Å²) >= 11 is 0. The van der Waals surface area contributed by atoms with E-state index in [0.717, 1.165) is 33.4 Å². The molecule has 1 aliphatic heterocycles. The lowest BCUT2D eigenvalue weighted by Crippen LogP contribution is -2.30. The van der Waals surface area contributed by atoms with E-state index >= 15 is 0 Å². The van der Waals surface area contributed by atoms with E-state index in [1.807, 2.05) is 56.3 Å². The maximum absolute atomic E-state index is 13.1. The summed E-state index contributed by atoms with van der Waals surface area (Å²) < 4.78 is 33.7. The van der Waals surface area contributed by atoms with Crippen LogP contribution in [0.4, 0.5) is 0 Å². The molecule has 0 N–H and O–H groups in total. The SMILES string of the molecule is CC1=CCN(S(=O)(=O)c2ccc(C)cc2)Cc2c1oc1ccccc21. The fourth-order valence-electron chi connectivity index (χ4n) is 3.19. The van der Waals surface area contributed by atoms with E-state index in [4.69, 9.17) is 4.42 Å². The van der Waals surface area contributed by atoms with Crippen LogP contribution >= 0.6 is 0 Å². The van der Waals surface area contributed by atoms with Crippen molar-refractivity contribution in [3.63, 3.8) is 0 Å². The molecule has 5 heteroatoms. The van der Waals surface area contributed by atoms with Gasteiger partial charge >= 0.3 is 0 Å². The third kappa shape index (κ3) is 2.69. The Morgan fingerprint density at radius 2 is 1.72 bits per heavy atom. The number of fused-ring (bicyclic) bond motifs is 3. The first kappa shape index (κ1) is 16.1. The maximum atomic E-state index is 13.1. The van der Waals surface area contributed by atoms with Crippen molar-refractivity contribution >= 4 is 26.6 Å². The number of hydrogen-bond donors (Lipinski definition) is 0. The molecule has 0 atom stereocenters. The van der Waals surface area contributed by atoms with Gasteiger partial charge < -0.3 is 4.42 Å². The highest BCUT2D eigenvalue weighted by Crippen LogP contribution is 2.34. The number of sulfonamides is 1. The molecule has 128 valence electrons. The molecule has 4 rings (SSSR count). The standard InChI is InChI=1S/C20H19NO3S/c1-14-7-9-16(10-8-14)25(22,23)21-12-11-15(2)20-18(13-21)17-5-3-4-6-19(17)24-20/h3-11H,12-13H2,1-2H3. The van der Waals surface area contributed by atoms with E-state index in [-0.39, 0.29) is 0 Å². The zero-order valence-corrected chi connectivity index (χ0v) is 15.0. The molecule has 2 aromatic carbocycles. The van der Waals surface area contributed by atoms with E-state index < -0.39 is 10.0 Å². The van der Waals surface area contributed by atoms with Crippen molar-refractivity contribution in [2.45, 2.75) is 25.3 Å². The second-order valence-electron chi connectivity index (χ2n) is 6.40. The lowest BCUT2D eigenvalue weighted by molar-refractivity contribution is 0.439. The Labute approximate surface area is 147 Å². The lowest BCUT2D eigenvalue weighted by atomic mass is 10.1. The normalized spacial score (nSPS) is 15.7. The van der Waals surface area contributed by atoms with Crippen LogP contribution in [0.5, 0.6) is 0 Å². The quantitative estimate of drug-likeness (QED) is 0.688. The van der Waals surface area contributed by atoms with E-state index in [1.54, 1.807) is 12.1 Å². The van der Waals surface area contributed by atoms with Crippen LogP contribution in [0.25, 0.3) is 16.5 Å². The van der Waals surface area contributed by atoms with E-state index in [2.05, 4.69) is 0 Å². The van der Waals surface area contributed by atoms with Crippen molar-refractivity contribution in [3.8, 4) is 0 Å². The summed E-state index contributed by atoms with van der Waals surface area (Å²) in [6.07, 6.45) is 1.92. The zero-order valence-electron chi connectivity index (χ0n) is 14.2. The van der Waals surface area contributed by atoms with Gasteiger partial charge in [0.2, 0.25) is 10.0 Å². The monoisotopic (exact) mass is 353 g/mol. The average Bonchev–Trinajstić information content (AvgIpc) is 2.88. The van der Waals surface area contributed by atoms with E-state index in [1.165, 1.54) is 4.31 Å². The van der Waals surface area contributed by atoms with E-state index in [0.29, 0.717) is 18.0 Å². The van der Waals surface area contributed by atoms with Gasteiger partial charge in [-0.05, 0) is 37.6 Å². The minimum absolute atomic E-state index is 0.302. The van der Waals surface area contributed by atoms with Crippen LogP contribution < -0.4 is 0 Å². The number of hydrogen-bond acceptors (Lipinski definition) is 3. The van der Waals surface area contributed by atoms with Gasteiger partial charge in [-0.1, -0.05) is 42.0 Å². The number of rotatable bonds is 2. The molecule has 0 spiro atoms. The third-order valence-electron chi connectivity index (χ3n) is 4.65. The Balaban J connectivity index is 1.82. The predicted octanol–water partition coefficient (Wildman–Crippen LogP) is 4.35. The number of benzene rings is 2. The number of aryl methyl sites for hydroxylation is 1. The number of nitrogens with zero attached hydrogens (tertiary/aromatic N) is 1. The van der Waals surface area contributed by atoms with Crippen LogP contribution in [0.1, 0.15) is 23.8 Å². The molecule has 0 saturated heterocycles. The number of allylic oxidation sites excluding steroid dienone is 1. The van der Waals surface area contributed by atoms with Crippen LogP contribution in [0.15, 0.2) is 63.9 Å². The molecule has 0 bridgehead atoms. The van der Waals surface area contributed by atoms with Crippen molar-refractivity contribution in [2.24, 2.45) is 0 Å². The van der Waals surface area contributed by atoms with Gasteiger partial charge in [0.25, 0.3) is 0 Å². The minimum atomic E-state index is -3.57. The molecular weight excluding hydrogens is 334 g/mol. The van der Waals surface area contributed by atoms with Crippen LogP contribution in [0, 0.1) is 6.92 Å². The number of furan rings is 1. The minimum Gasteiger partial charge on any atom is -0.456 e. The highest BCUT2D eigenvalue weighted by Gasteiger charge is 2.29. The summed E-state index contributed by atoms with van der Waals surface area (Å²) in [5.74, 6) is 0.780. The first-order valence-corrected chi connectivity index (χ1v) is 9.65. The van der Waals surface area contributed by atoms with Crippen LogP contribution in [-0.2, 0) is 16.6 Å². The molecule has 0 unspecified atom stereocenters. The van der Waals surface area contributed by atoms with Gasteiger partial charge in [-0.3, -0.25) is 0 Å². The molecule has 0 aliphatic carbocycles. The Kier molecular flexibility index (Phi) is 3.78. The second kappa shape index (κ2) is 5.86. The van der Waals surface area contributed by atoms with Gasteiger partial charge in [0.1, 0.15) is 11.3 Å². The highest BCUT2D eigenvalue weighted by atomic mass is 32.2. The topological polar surface area (TPSA) is 50.5 Å². The Morgan fingerprint density at radius 3 is 2.48 bits per heavy atom. The van der Waals surface area contributed by atoms with Gasteiger partial charge in [-0.25, -0.2) is 8.42 Å². The molecule has 2 heterocycles. The lowest BCUT2D eigenvalue weighted by Gasteiger charge is -2.19. The maximum Gasteiger partial charge on any atom is 0.243 e. The first-order chi connectivity index (χ1) is 12.0. The second-order valence-corrected chi connectivity index (χ2v) is 8.34. The molecule has 0 saturated carbocycles.